The van der Waals surface area contributed by atoms with Crippen LogP contribution in [0.3, 0.4) is 0 Å². The molecule has 36 heavy (non-hydrogen) atoms. The molecular weight excluding hydrogens is 461 g/mol. The fourth-order valence-electron chi connectivity index (χ4n) is 4.48. The molecule has 0 aromatic carbocycles. The van der Waals surface area contributed by atoms with Gasteiger partial charge in [-0.25, -0.2) is 24.0 Å². The van der Waals surface area contributed by atoms with Gasteiger partial charge in [-0.15, -0.1) is 0 Å². The van der Waals surface area contributed by atoms with Gasteiger partial charge >= 0.3 is 0 Å². The van der Waals surface area contributed by atoms with E-state index in [1.54, 1.807) is 12.3 Å². The maximum absolute atomic E-state index is 13.1. The lowest BCUT2D eigenvalue weighted by Gasteiger charge is -2.27. The zero-order valence-corrected chi connectivity index (χ0v) is 20.2. The first-order valence-electron chi connectivity index (χ1n) is 12.0. The Hall–Kier alpha value is -4.15. The van der Waals surface area contributed by atoms with Crippen molar-refractivity contribution in [2.45, 2.75) is 52.0 Å². The highest BCUT2D eigenvalue weighted by atomic mass is 19.1. The van der Waals surface area contributed by atoms with E-state index in [2.05, 4.69) is 35.9 Å². The Labute approximate surface area is 207 Å². The molecule has 1 amide bonds. The average molecular weight is 490 g/mol. The molecule has 1 saturated carbocycles. The monoisotopic (exact) mass is 489 g/mol. The Balaban J connectivity index is 1.13. The van der Waals surface area contributed by atoms with Crippen LogP contribution in [0.1, 0.15) is 54.4 Å². The minimum absolute atomic E-state index is 0.0324. The number of amides is 1. The van der Waals surface area contributed by atoms with E-state index in [1.165, 1.54) is 10.9 Å². The van der Waals surface area contributed by atoms with Crippen molar-refractivity contribution >= 4 is 17.5 Å². The summed E-state index contributed by atoms with van der Waals surface area (Å²) in [6.07, 6.45) is 7.36. The number of hydrogen-bond donors (Lipinski definition) is 3. The van der Waals surface area contributed by atoms with E-state index >= 15 is 0 Å². The summed E-state index contributed by atoms with van der Waals surface area (Å²) < 4.78 is 14.5. The fourth-order valence-corrected chi connectivity index (χ4v) is 4.48. The largest absolute Gasteiger partial charge is 0.352 e. The molecule has 0 bridgehead atoms. The molecule has 0 spiro atoms. The van der Waals surface area contributed by atoms with Gasteiger partial charge in [-0.05, 0) is 51.2 Å². The molecule has 0 atom stereocenters. The summed E-state index contributed by atoms with van der Waals surface area (Å²) >= 11 is 0. The summed E-state index contributed by atoms with van der Waals surface area (Å²) in [4.78, 5) is 26.5. The second-order valence-corrected chi connectivity index (χ2v) is 9.21. The number of aromatic nitrogens is 7. The number of rotatable bonds is 7. The molecule has 0 unspecified atom stereocenters. The Morgan fingerprint density at radius 2 is 1.94 bits per heavy atom. The number of carbonyl (C=O) groups is 1. The number of pyridine rings is 1. The minimum Gasteiger partial charge on any atom is -0.352 e. The fraction of sp³-hybridized carbons (Fsp3) is 0.360. The Bertz CT molecular complexity index is 1340. The van der Waals surface area contributed by atoms with Crippen molar-refractivity contribution < 1.29 is 9.18 Å². The molecule has 4 aromatic heterocycles. The molecule has 10 nitrogen and oxygen atoms in total. The van der Waals surface area contributed by atoms with E-state index in [0.29, 0.717) is 12.4 Å². The number of halogens is 1. The van der Waals surface area contributed by atoms with E-state index in [9.17, 15) is 9.18 Å². The minimum atomic E-state index is -0.419. The molecule has 186 valence electrons. The van der Waals surface area contributed by atoms with Crippen molar-refractivity contribution in [1.29, 1.82) is 0 Å². The molecule has 1 aliphatic rings. The highest BCUT2D eigenvalue weighted by Crippen LogP contribution is 2.35. The molecule has 1 fully saturated rings. The molecule has 3 N–H and O–H groups in total. The first-order valence-corrected chi connectivity index (χ1v) is 12.0. The van der Waals surface area contributed by atoms with Gasteiger partial charge in [0.05, 0.1) is 12.4 Å². The van der Waals surface area contributed by atoms with Crippen molar-refractivity contribution in [2.24, 2.45) is 5.92 Å². The molecule has 4 aromatic rings. The zero-order valence-electron chi connectivity index (χ0n) is 20.2. The van der Waals surface area contributed by atoms with Gasteiger partial charge in [0.25, 0.3) is 0 Å². The van der Waals surface area contributed by atoms with Crippen LogP contribution in [-0.4, -0.2) is 40.8 Å². The number of carbonyl (C=O) groups excluding carboxylic acids is 1. The van der Waals surface area contributed by atoms with Gasteiger partial charge in [0, 0.05) is 48.1 Å². The van der Waals surface area contributed by atoms with Gasteiger partial charge in [0.2, 0.25) is 5.91 Å². The molecule has 0 radical (unpaired) electrons. The molecule has 1 aliphatic carbocycles. The third-order valence-corrected chi connectivity index (χ3v) is 6.36. The average Bonchev–Trinajstić information content (AvgIpc) is 3.50. The summed E-state index contributed by atoms with van der Waals surface area (Å²) in [6, 6.07) is 7.43. The number of aromatic amines is 1. The van der Waals surface area contributed by atoms with Crippen LogP contribution in [0.25, 0.3) is 5.82 Å². The van der Waals surface area contributed by atoms with Gasteiger partial charge in [-0.2, -0.15) is 10.2 Å². The lowest BCUT2D eigenvalue weighted by atomic mass is 9.81. The van der Waals surface area contributed by atoms with Gasteiger partial charge in [0.15, 0.2) is 17.5 Å². The van der Waals surface area contributed by atoms with Crippen LogP contribution in [-0.2, 0) is 11.3 Å². The second-order valence-electron chi connectivity index (χ2n) is 9.21. The van der Waals surface area contributed by atoms with Gasteiger partial charge in [0.1, 0.15) is 11.6 Å². The highest BCUT2D eigenvalue weighted by molar-refractivity contribution is 5.78. The number of anilines is 2. The quantitative estimate of drug-likeness (QED) is 0.360. The second kappa shape index (κ2) is 10.2. The first kappa shape index (κ1) is 23.6. The molecule has 0 aliphatic heterocycles. The normalized spacial score (nSPS) is 17.6. The summed E-state index contributed by atoms with van der Waals surface area (Å²) in [7, 11) is 0. The summed E-state index contributed by atoms with van der Waals surface area (Å²) in [5, 5.41) is 17.3. The summed E-state index contributed by atoms with van der Waals surface area (Å²) in [5.74, 6) is 2.59. The van der Waals surface area contributed by atoms with Gasteiger partial charge in [-0.3, -0.25) is 9.89 Å². The number of hydrogen-bond acceptors (Lipinski definition) is 7. The maximum Gasteiger partial charge on any atom is 0.223 e. The van der Waals surface area contributed by atoms with Crippen molar-refractivity contribution in [3.63, 3.8) is 0 Å². The van der Waals surface area contributed by atoms with Crippen molar-refractivity contribution in [1.82, 2.24) is 40.2 Å². The first-order chi connectivity index (χ1) is 17.4. The van der Waals surface area contributed by atoms with Crippen LogP contribution in [0.5, 0.6) is 0 Å². The van der Waals surface area contributed by atoms with Crippen LogP contribution < -0.4 is 10.6 Å². The molecule has 11 heteroatoms. The Morgan fingerprint density at radius 1 is 1.11 bits per heavy atom. The third kappa shape index (κ3) is 5.56. The van der Waals surface area contributed by atoms with Gasteiger partial charge < -0.3 is 10.6 Å². The van der Waals surface area contributed by atoms with Gasteiger partial charge in [-0.1, -0.05) is 6.07 Å². The lowest BCUT2D eigenvalue weighted by molar-refractivity contribution is -0.126. The van der Waals surface area contributed by atoms with E-state index in [-0.39, 0.29) is 17.7 Å². The number of nitrogens with zero attached hydrogens (tertiary/aromatic N) is 6. The standard InChI is InChI=1S/C25H28FN9O/c1-15-9-21(31-22-10-16(2)33-34-22)32-24(30-15)18-4-6-19(7-5-18)25(36)28-12-17-3-8-23(27-11-17)35-14-20(26)13-29-35/h3,8-11,13-14,18-19H,4-7,12H2,1-2H3,(H,28,36)(H2,30,31,32,33,34). The maximum atomic E-state index is 13.1. The van der Waals surface area contributed by atoms with Crippen molar-refractivity contribution in [2.75, 3.05) is 5.32 Å². The highest BCUT2D eigenvalue weighted by Gasteiger charge is 2.28. The van der Waals surface area contributed by atoms with Crippen molar-refractivity contribution in [3.05, 3.63) is 71.4 Å². The lowest BCUT2D eigenvalue weighted by Crippen LogP contribution is -2.32. The van der Waals surface area contributed by atoms with Crippen molar-refractivity contribution in [3.8, 4) is 5.82 Å². The van der Waals surface area contributed by atoms with Crippen LogP contribution >= 0.6 is 0 Å². The topological polar surface area (TPSA) is 126 Å². The van der Waals surface area contributed by atoms with Crippen LogP contribution in [0.4, 0.5) is 16.0 Å². The van der Waals surface area contributed by atoms with E-state index < -0.39 is 5.82 Å². The Kier molecular flexibility index (Phi) is 6.70. The smallest absolute Gasteiger partial charge is 0.223 e. The predicted molar refractivity (Wildman–Crippen MR) is 131 cm³/mol. The van der Waals surface area contributed by atoms with E-state index in [4.69, 9.17) is 4.98 Å². The number of nitrogens with one attached hydrogen (secondary N) is 3. The molecular formula is C25H28FN9O. The summed E-state index contributed by atoms with van der Waals surface area (Å²) in [5.41, 5.74) is 2.74. The molecule has 4 heterocycles. The molecule has 0 saturated heterocycles. The van der Waals surface area contributed by atoms with Crippen LogP contribution in [0, 0.1) is 25.6 Å². The molecule has 5 rings (SSSR count). The van der Waals surface area contributed by atoms with E-state index in [0.717, 1.165) is 66.3 Å². The van der Waals surface area contributed by atoms with Crippen LogP contribution in [0.2, 0.25) is 0 Å². The number of aryl methyl sites for hydroxylation is 2. The van der Waals surface area contributed by atoms with E-state index in [1.807, 2.05) is 32.0 Å². The predicted octanol–water partition coefficient (Wildman–Crippen LogP) is 3.87. The van der Waals surface area contributed by atoms with Crippen LogP contribution in [0.15, 0.2) is 42.9 Å². The number of H-pyrrole nitrogens is 1. The SMILES string of the molecule is Cc1cc(Nc2cc(C)[nH]n2)nc(C2CCC(C(=O)NCc3ccc(-n4cc(F)cn4)nc3)CC2)n1. The Morgan fingerprint density at radius 3 is 2.61 bits per heavy atom. The third-order valence-electron chi connectivity index (χ3n) is 6.36. The zero-order chi connectivity index (χ0) is 25.1. The summed E-state index contributed by atoms with van der Waals surface area (Å²) in [6.45, 7) is 4.30.